The lowest BCUT2D eigenvalue weighted by Gasteiger charge is -2.29. The lowest BCUT2D eigenvalue weighted by atomic mass is 9.77. The van der Waals surface area contributed by atoms with Crippen molar-refractivity contribution in [3.05, 3.63) is 101 Å². The second kappa shape index (κ2) is 11.9. The summed E-state index contributed by atoms with van der Waals surface area (Å²) in [6, 6.07) is 23.2. The van der Waals surface area contributed by atoms with Gasteiger partial charge in [0.25, 0.3) is 5.91 Å². The van der Waals surface area contributed by atoms with Gasteiger partial charge in [-0.15, -0.1) is 0 Å². The Morgan fingerprint density at radius 2 is 1.62 bits per heavy atom. The number of hydrogen-bond acceptors (Lipinski definition) is 7. The number of amides is 1. The van der Waals surface area contributed by atoms with E-state index in [2.05, 4.69) is 6.08 Å². The molecule has 3 aromatic carbocycles. The van der Waals surface area contributed by atoms with Crippen molar-refractivity contribution in [3.8, 4) is 17.6 Å². The van der Waals surface area contributed by atoms with E-state index in [9.17, 15) is 9.59 Å². The van der Waals surface area contributed by atoms with Crippen LogP contribution in [0.25, 0.3) is 6.08 Å². The van der Waals surface area contributed by atoms with E-state index in [1.807, 2.05) is 54.6 Å². The Morgan fingerprint density at radius 3 is 2.25 bits per heavy atom. The van der Waals surface area contributed by atoms with E-state index in [4.69, 9.17) is 24.6 Å². The van der Waals surface area contributed by atoms with Crippen LogP contribution in [0.1, 0.15) is 52.4 Å². The first-order valence-corrected chi connectivity index (χ1v) is 13.1. The molecule has 0 saturated heterocycles. The molecule has 1 saturated carbocycles. The molecule has 40 heavy (non-hydrogen) atoms. The number of methoxy groups -OCH3 is 2. The van der Waals surface area contributed by atoms with Gasteiger partial charge in [0.15, 0.2) is 6.61 Å². The Labute approximate surface area is 233 Å². The third-order valence-corrected chi connectivity index (χ3v) is 7.25. The number of carbonyl (C=O) groups is 2. The van der Waals surface area contributed by atoms with Gasteiger partial charge in [-0.1, -0.05) is 24.3 Å². The number of allylic oxidation sites excluding steroid dienone is 1. The number of hydrazone groups is 1. The van der Waals surface area contributed by atoms with Crippen LogP contribution in [0, 0.1) is 17.2 Å². The quantitative estimate of drug-likeness (QED) is 0.368. The number of nitriles is 1. The van der Waals surface area contributed by atoms with E-state index >= 15 is 0 Å². The summed E-state index contributed by atoms with van der Waals surface area (Å²) < 4.78 is 16.0. The van der Waals surface area contributed by atoms with E-state index in [-0.39, 0.29) is 17.5 Å². The van der Waals surface area contributed by atoms with Crippen molar-refractivity contribution in [2.75, 3.05) is 20.8 Å². The molecule has 202 valence electrons. The number of esters is 1. The van der Waals surface area contributed by atoms with Gasteiger partial charge in [0.1, 0.15) is 11.5 Å². The number of ether oxygens (including phenoxy) is 3. The van der Waals surface area contributed by atoms with E-state index in [1.165, 1.54) is 29.3 Å². The van der Waals surface area contributed by atoms with Crippen LogP contribution in [0.5, 0.6) is 11.5 Å². The van der Waals surface area contributed by atoms with Crippen molar-refractivity contribution >= 4 is 23.7 Å². The third-order valence-electron chi connectivity index (χ3n) is 7.25. The van der Waals surface area contributed by atoms with Crippen LogP contribution in [0.4, 0.5) is 0 Å². The highest BCUT2D eigenvalue weighted by Crippen LogP contribution is 2.44. The maximum Gasteiger partial charge on any atom is 0.338 e. The average molecular weight is 536 g/mol. The molecule has 2 atom stereocenters. The van der Waals surface area contributed by atoms with Crippen molar-refractivity contribution in [2.24, 2.45) is 11.0 Å². The zero-order valence-electron chi connectivity index (χ0n) is 22.4. The highest BCUT2D eigenvalue weighted by Gasteiger charge is 2.43. The number of hydrogen-bond donors (Lipinski definition) is 0. The van der Waals surface area contributed by atoms with Crippen molar-refractivity contribution in [1.29, 1.82) is 5.26 Å². The summed E-state index contributed by atoms with van der Waals surface area (Å²) in [6.45, 7) is -0.452. The van der Waals surface area contributed by atoms with Gasteiger partial charge in [-0.2, -0.15) is 10.4 Å². The molecule has 0 bridgehead atoms. The van der Waals surface area contributed by atoms with Gasteiger partial charge in [0.2, 0.25) is 0 Å². The lowest BCUT2D eigenvalue weighted by Crippen LogP contribution is -2.34. The van der Waals surface area contributed by atoms with E-state index < -0.39 is 18.5 Å². The van der Waals surface area contributed by atoms with Gasteiger partial charge >= 0.3 is 5.97 Å². The third kappa shape index (κ3) is 5.59. The molecule has 1 aliphatic heterocycles. The van der Waals surface area contributed by atoms with Gasteiger partial charge in [-0.3, -0.25) is 4.79 Å². The number of carbonyl (C=O) groups excluding carboxylic acids is 2. The van der Waals surface area contributed by atoms with Gasteiger partial charge in [-0.25, -0.2) is 9.80 Å². The first-order valence-electron chi connectivity index (χ1n) is 13.1. The Hall–Kier alpha value is -4.90. The molecule has 1 heterocycles. The molecular weight excluding hydrogens is 506 g/mol. The van der Waals surface area contributed by atoms with Crippen molar-refractivity contribution < 1.29 is 23.8 Å². The maximum absolute atomic E-state index is 13.5. The standard InChI is InChI=1S/C32H29N3O5/c1-38-26-14-8-21(9-15-26)18-25-4-3-5-28-30(25)34-35(31(28)23-12-16-27(39-2)17-13-23)29(36)20-40-32(37)24-10-6-22(19-33)7-11-24/h6-18,28,31H,3-5,20H2,1-2H3. The van der Waals surface area contributed by atoms with Crippen molar-refractivity contribution in [3.63, 3.8) is 0 Å². The molecule has 0 aromatic heterocycles. The molecule has 2 aliphatic rings. The predicted molar refractivity (Wildman–Crippen MR) is 150 cm³/mol. The molecule has 1 fully saturated rings. The van der Waals surface area contributed by atoms with Crippen LogP contribution < -0.4 is 9.47 Å². The van der Waals surface area contributed by atoms with Crippen LogP contribution in [-0.2, 0) is 9.53 Å². The Kier molecular flexibility index (Phi) is 7.92. The molecule has 0 spiro atoms. The zero-order chi connectivity index (χ0) is 28.1. The Balaban J connectivity index is 1.42. The maximum atomic E-state index is 13.5. The molecular formula is C32H29N3O5. The van der Waals surface area contributed by atoms with Crippen molar-refractivity contribution in [2.45, 2.75) is 25.3 Å². The Bertz CT molecular complexity index is 1490. The minimum absolute atomic E-state index is 0.00446. The number of nitrogens with zero attached hydrogens (tertiary/aromatic N) is 3. The Morgan fingerprint density at radius 1 is 0.975 bits per heavy atom. The summed E-state index contributed by atoms with van der Waals surface area (Å²) in [5.41, 5.74) is 4.64. The number of rotatable bonds is 7. The molecule has 2 unspecified atom stereocenters. The predicted octanol–water partition coefficient (Wildman–Crippen LogP) is 5.56. The number of benzene rings is 3. The SMILES string of the molecule is COc1ccc(C=C2CCCC3C2=NN(C(=O)COC(=O)c2ccc(C#N)cc2)C3c2ccc(OC)cc2)cc1. The van der Waals surface area contributed by atoms with Gasteiger partial charge in [0, 0.05) is 5.92 Å². The molecule has 0 N–H and O–H groups in total. The van der Waals surface area contributed by atoms with Crippen LogP contribution >= 0.6 is 0 Å². The van der Waals surface area contributed by atoms with Crippen LogP contribution in [0.15, 0.2) is 83.5 Å². The molecule has 5 rings (SSSR count). The second-order valence-corrected chi connectivity index (χ2v) is 9.65. The van der Waals surface area contributed by atoms with E-state index in [1.54, 1.807) is 14.2 Å². The van der Waals surface area contributed by atoms with Crippen LogP contribution in [0.2, 0.25) is 0 Å². The summed E-state index contributed by atoms with van der Waals surface area (Å²) in [5.74, 6) is 0.469. The van der Waals surface area contributed by atoms with Crippen molar-refractivity contribution in [1.82, 2.24) is 5.01 Å². The monoisotopic (exact) mass is 535 g/mol. The molecule has 0 radical (unpaired) electrons. The topological polar surface area (TPSA) is 101 Å². The number of fused-ring (bicyclic) bond motifs is 1. The largest absolute Gasteiger partial charge is 0.497 e. The average Bonchev–Trinajstić information content (AvgIpc) is 3.41. The lowest BCUT2D eigenvalue weighted by molar-refractivity contribution is -0.137. The summed E-state index contributed by atoms with van der Waals surface area (Å²) in [6.07, 6.45) is 4.82. The molecule has 1 aliphatic carbocycles. The van der Waals surface area contributed by atoms with Crippen LogP contribution in [0.3, 0.4) is 0 Å². The molecule has 3 aromatic rings. The van der Waals surface area contributed by atoms with E-state index in [0.717, 1.165) is 53.2 Å². The molecule has 8 heteroatoms. The smallest absolute Gasteiger partial charge is 0.338 e. The van der Waals surface area contributed by atoms with Crippen LogP contribution in [-0.4, -0.2) is 43.4 Å². The van der Waals surface area contributed by atoms with E-state index in [0.29, 0.717) is 5.56 Å². The fraction of sp³-hybridized carbons (Fsp3) is 0.250. The summed E-state index contributed by atoms with van der Waals surface area (Å²) >= 11 is 0. The fourth-order valence-electron chi connectivity index (χ4n) is 5.20. The second-order valence-electron chi connectivity index (χ2n) is 9.65. The minimum atomic E-state index is -0.636. The zero-order valence-corrected chi connectivity index (χ0v) is 22.4. The summed E-state index contributed by atoms with van der Waals surface area (Å²) in [4.78, 5) is 26.1. The van der Waals surface area contributed by atoms with Gasteiger partial charge < -0.3 is 14.2 Å². The fourth-order valence-corrected chi connectivity index (χ4v) is 5.20. The molecule has 8 nitrogen and oxygen atoms in total. The highest BCUT2D eigenvalue weighted by atomic mass is 16.5. The van der Waals surface area contributed by atoms with Gasteiger partial charge in [0.05, 0.1) is 43.2 Å². The van der Waals surface area contributed by atoms with Gasteiger partial charge in [-0.05, 0) is 90.6 Å². The summed E-state index contributed by atoms with van der Waals surface area (Å²) in [5, 5.41) is 15.3. The normalized spacial score (nSPS) is 18.9. The minimum Gasteiger partial charge on any atom is -0.497 e. The summed E-state index contributed by atoms with van der Waals surface area (Å²) in [7, 11) is 3.25. The highest BCUT2D eigenvalue weighted by molar-refractivity contribution is 6.08. The molecule has 1 amide bonds. The first-order chi connectivity index (χ1) is 19.5. The first kappa shape index (κ1) is 26.7.